The molecule has 3 aromatic rings. The fourth-order valence-electron chi connectivity index (χ4n) is 6.20. The zero-order chi connectivity index (χ0) is 25.5. The molecule has 0 heterocycles. The van der Waals surface area contributed by atoms with E-state index < -0.39 is 7.94 Å². The Morgan fingerprint density at radius 2 is 1.06 bits per heavy atom. The van der Waals surface area contributed by atoms with E-state index in [1.54, 1.807) is 16.2 Å². The topological polar surface area (TPSA) is 0 Å². The van der Waals surface area contributed by atoms with Crippen LogP contribution in [0.25, 0.3) is 0 Å². The van der Waals surface area contributed by atoms with Gasteiger partial charge >= 0.3 is 0 Å². The lowest BCUT2D eigenvalue weighted by Gasteiger charge is -2.40. The summed E-state index contributed by atoms with van der Waals surface area (Å²) in [6, 6.07) is 35.6. The third-order valence-corrected chi connectivity index (χ3v) is 13.9. The number of rotatable bonds is 17. The molecule has 0 aliphatic heterocycles. The maximum absolute atomic E-state index is 2.49. The molecule has 0 spiro atoms. The molecule has 0 saturated carbocycles. The number of benzene rings is 3. The molecule has 0 fully saturated rings. The maximum Gasteiger partial charge on any atom is 0.208 e. The second-order valence-corrected chi connectivity index (χ2v) is 15.3. The van der Waals surface area contributed by atoms with Crippen molar-refractivity contribution in [1.29, 1.82) is 0 Å². The monoisotopic (exact) mass is 496 g/mol. The van der Waals surface area contributed by atoms with Gasteiger partial charge in [0.15, 0.2) is 0 Å². The van der Waals surface area contributed by atoms with Crippen molar-refractivity contribution in [3.8, 4) is 0 Å². The van der Waals surface area contributed by atoms with Crippen molar-refractivity contribution in [3.05, 3.63) is 90.5 Å². The summed E-state index contributed by atoms with van der Waals surface area (Å²) in [5.74, 6) is 0. The molecule has 0 atom stereocenters. The van der Waals surface area contributed by atoms with Crippen LogP contribution in [0.4, 0.5) is 0 Å². The van der Waals surface area contributed by atoms with Crippen LogP contribution in [-0.2, 0) is 6.42 Å². The van der Waals surface area contributed by atoms with Crippen molar-refractivity contribution in [2.45, 2.75) is 103 Å². The summed E-state index contributed by atoms with van der Waals surface area (Å²) in [6.07, 6.45) is 15.1. The molecule has 3 rings (SSSR count). The SMILES string of the molecule is CCCCCCCCc1ccccc1B(c1ccccc1)[Si](CCCC)(CCCC)c1ccccc1. The molecule has 0 aromatic heterocycles. The van der Waals surface area contributed by atoms with Gasteiger partial charge in [-0.3, -0.25) is 0 Å². The van der Waals surface area contributed by atoms with E-state index in [0.29, 0.717) is 6.31 Å². The number of aryl methyl sites for hydroxylation is 1. The zero-order valence-corrected chi connectivity index (χ0v) is 24.4. The van der Waals surface area contributed by atoms with E-state index in [1.165, 1.54) is 88.2 Å². The number of hydrogen-bond donors (Lipinski definition) is 0. The van der Waals surface area contributed by atoms with Crippen molar-refractivity contribution in [2.75, 3.05) is 0 Å². The van der Waals surface area contributed by atoms with Gasteiger partial charge in [0.2, 0.25) is 6.31 Å². The van der Waals surface area contributed by atoms with Crippen molar-refractivity contribution in [3.63, 3.8) is 0 Å². The highest BCUT2D eigenvalue weighted by Gasteiger charge is 2.46. The van der Waals surface area contributed by atoms with Gasteiger partial charge in [-0.05, 0) is 12.8 Å². The van der Waals surface area contributed by atoms with Crippen LogP contribution in [0, 0.1) is 0 Å². The highest BCUT2D eigenvalue weighted by atomic mass is 28.3. The van der Waals surface area contributed by atoms with Crippen LogP contribution in [-0.4, -0.2) is 14.2 Å². The Bertz CT molecular complexity index is 961. The molecule has 36 heavy (non-hydrogen) atoms. The van der Waals surface area contributed by atoms with Gasteiger partial charge in [-0.15, -0.1) is 0 Å². The Morgan fingerprint density at radius 1 is 0.528 bits per heavy atom. The van der Waals surface area contributed by atoms with Crippen LogP contribution in [0.3, 0.4) is 0 Å². The molecule has 0 radical (unpaired) electrons. The van der Waals surface area contributed by atoms with Crippen LogP contribution >= 0.6 is 0 Å². The van der Waals surface area contributed by atoms with Gasteiger partial charge in [0, 0.05) is 0 Å². The molecular formula is C34H49BSi. The molecule has 3 aromatic carbocycles. The van der Waals surface area contributed by atoms with Gasteiger partial charge in [0.05, 0.1) is 7.94 Å². The third-order valence-electron chi connectivity index (χ3n) is 8.15. The third kappa shape index (κ3) is 7.72. The molecule has 0 aliphatic rings. The smallest absolute Gasteiger partial charge is 0.0767 e. The van der Waals surface area contributed by atoms with Crippen LogP contribution in [0.5, 0.6) is 0 Å². The van der Waals surface area contributed by atoms with E-state index >= 15 is 0 Å². The van der Waals surface area contributed by atoms with Crippen molar-refractivity contribution in [2.24, 2.45) is 0 Å². The summed E-state index contributed by atoms with van der Waals surface area (Å²) in [6.45, 7) is 7.04. The van der Waals surface area contributed by atoms with Gasteiger partial charge < -0.3 is 0 Å². The van der Waals surface area contributed by atoms with E-state index in [2.05, 4.69) is 106 Å². The molecular weight excluding hydrogens is 447 g/mol. The van der Waals surface area contributed by atoms with Crippen LogP contribution < -0.4 is 16.1 Å². The Balaban J connectivity index is 2.09. The average Bonchev–Trinajstić information content (AvgIpc) is 2.94. The van der Waals surface area contributed by atoms with Crippen LogP contribution in [0.1, 0.15) is 90.5 Å². The molecule has 0 aliphatic carbocycles. The molecule has 0 amide bonds. The Hall–Kier alpha value is -2.06. The second-order valence-electron chi connectivity index (χ2n) is 10.8. The normalized spacial score (nSPS) is 11.5. The number of hydrogen-bond acceptors (Lipinski definition) is 0. The van der Waals surface area contributed by atoms with Gasteiger partial charge in [-0.1, -0.05) is 197 Å². The molecule has 2 heteroatoms. The molecule has 0 N–H and O–H groups in total. The van der Waals surface area contributed by atoms with Crippen molar-refractivity contribution >= 4 is 30.4 Å². The summed E-state index contributed by atoms with van der Waals surface area (Å²) in [7, 11) is -1.92. The largest absolute Gasteiger partial charge is 0.208 e. The fourth-order valence-corrected chi connectivity index (χ4v) is 12.5. The standard InChI is InChI=1S/C34H49BSi/c1-4-7-10-11-12-15-22-31-23-20-21-28-34(31)35(32-24-16-13-17-25-32)36(29-8-5-2,30-9-6-3)33-26-18-14-19-27-33/h13-14,16-21,23-28H,4-12,15,22,29-30H2,1-3H3. The molecule has 0 saturated heterocycles. The van der Waals surface area contributed by atoms with E-state index in [1.807, 2.05) is 0 Å². The zero-order valence-electron chi connectivity index (χ0n) is 23.4. The summed E-state index contributed by atoms with van der Waals surface area (Å²) in [5.41, 5.74) is 4.76. The first-order valence-corrected chi connectivity index (χ1v) is 17.4. The lowest BCUT2D eigenvalue weighted by Crippen LogP contribution is -2.70. The van der Waals surface area contributed by atoms with Crippen LogP contribution in [0.2, 0.25) is 12.1 Å². The molecule has 0 unspecified atom stereocenters. The Morgan fingerprint density at radius 3 is 1.69 bits per heavy atom. The molecule has 0 bridgehead atoms. The van der Waals surface area contributed by atoms with E-state index in [-0.39, 0.29) is 0 Å². The minimum absolute atomic E-state index is 0.510. The molecule has 0 nitrogen and oxygen atoms in total. The minimum Gasteiger partial charge on any atom is -0.0767 e. The average molecular weight is 497 g/mol. The summed E-state index contributed by atoms with van der Waals surface area (Å²) < 4.78 is 0. The minimum atomic E-state index is -1.92. The van der Waals surface area contributed by atoms with Gasteiger partial charge in [-0.25, -0.2) is 0 Å². The Labute approximate surface area is 224 Å². The van der Waals surface area contributed by atoms with Gasteiger partial charge in [-0.2, -0.15) is 0 Å². The highest BCUT2D eigenvalue weighted by Crippen LogP contribution is 2.26. The van der Waals surface area contributed by atoms with Gasteiger partial charge in [0.1, 0.15) is 0 Å². The van der Waals surface area contributed by atoms with E-state index in [0.717, 1.165) is 0 Å². The lowest BCUT2D eigenvalue weighted by atomic mass is 9.59. The predicted molar refractivity (Wildman–Crippen MR) is 166 cm³/mol. The van der Waals surface area contributed by atoms with Crippen molar-refractivity contribution < 1.29 is 0 Å². The summed E-state index contributed by atoms with van der Waals surface area (Å²) in [4.78, 5) is 0. The first-order valence-electron chi connectivity index (χ1n) is 14.9. The summed E-state index contributed by atoms with van der Waals surface area (Å²) in [5, 5.41) is 1.66. The van der Waals surface area contributed by atoms with E-state index in [4.69, 9.17) is 0 Å². The number of unbranched alkanes of at least 4 members (excludes halogenated alkanes) is 7. The maximum atomic E-state index is 2.49. The first kappa shape index (κ1) is 28.5. The van der Waals surface area contributed by atoms with Crippen molar-refractivity contribution in [1.82, 2.24) is 0 Å². The van der Waals surface area contributed by atoms with Gasteiger partial charge in [0.25, 0.3) is 0 Å². The van der Waals surface area contributed by atoms with E-state index in [9.17, 15) is 0 Å². The first-order chi connectivity index (χ1) is 17.8. The quantitative estimate of drug-likeness (QED) is 0.130. The predicted octanol–water partition coefficient (Wildman–Crippen LogP) is 8.23. The summed E-state index contributed by atoms with van der Waals surface area (Å²) >= 11 is 0. The lowest BCUT2D eigenvalue weighted by molar-refractivity contribution is 0.608. The Kier molecular flexibility index (Phi) is 12.6. The fraction of sp³-hybridized carbons (Fsp3) is 0.471. The highest BCUT2D eigenvalue weighted by molar-refractivity contribution is 7.47. The molecule has 192 valence electrons. The van der Waals surface area contributed by atoms with Crippen LogP contribution in [0.15, 0.2) is 84.9 Å². The second kappa shape index (κ2) is 15.9.